The van der Waals surface area contributed by atoms with Crippen LogP contribution < -0.4 is 15.4 Å². The van der Waals surface area contributed by atoms with Gasteiger partial charge in [-0.05, 0) is 49.2 Å². The summed E-state index contributed by atoms with van der Waals surface area (Å²) in [5.41, 5.74) is 2.94. The second-order valence-corrected chi connectivity index (χ2v) is 6.47. The molecule has 0 radical (unpaired) electrons. The van der Waals surface area contributed by atoms with Crippen LogP contribution in [0, 0.1) is 18.8 Å². The molecule has 1 aliphatic heterocycles. The fraction of sp³-hybridized carbons (Fsp3) is 0.350. The van der Waals surface area contributed by atoms with Gasteiger partial charge in [0.25, 0.3) is 0 Å². The van der Waals surface area contributed by atoms with Crippen molar-refractivity contribution in [2.45, 2.75) is 20.5 Å². The highest BCUT2D eigenvalue weighted by Crippen LogP contribution is 2.28. The minimum absolute atomic E-state index is 0. The number of aryl methyl sites for hydroxylation is 1. The maximum absolute atomic E-state index is 12.5. The predicted molar refractivity (Wildman–Crippen MR) is 103 cm³/mol. The van der Waals surface area contributed by atoms with E-state index in [1.807, 2.05) is 62.4 Å². The number of rotatable bonds is 6. The second-order valence-electron chi connectivity index (χ2n) is 6.47. The van der Waals surface area contributed by atoms with E-state index < -0.39 is 0 Å². The van der Waals surface area contributed by atoms with Gasteiger partial charge in [0.15, 0.2) is 0 Å². The van der Waals surface area contributed by atoms with Gasteiger partial charge in [0.1, 0.15) is 12.4 Å². The van der Waals surface area contributed by atoms with Gasteiger partial charge < -0.3 is 15.4 Å². The molecule has 2 aromatic carbocycles. The zero-order valence-electron chi connectivity index (χ0n) is 14.6. The van der Waals surface area contributed by atoms with Crippen LogP contribution in [0.1, 0.15) is 18.1 Å². The van der Waals surface area contributed by atoms with E-state index in [2.05, 4.69) is 10.6 Å². The Kier molecular flexibility index (Phi) is 6.85. The lowest BCUT2D eigenvalue weighted by Gasteiger charge is -2.31. The van der Waals surface area contributed by atoms with Gasteiger partial charge in [-0.15, -0.1) is 12.4 Å². The third-order valence-electron chi connectivity index (χ3n) is 4.57. The van der Waals surface area contributed by atoms with Gasteiger partial charge >= 0.3 is 0 Å². The lowest BCUT2D eigenvalue weighted by molar-refractivity contribution is -0.121. The highest BCUT2D eigenvalue weighted by atomic mass is 35.5. The van der Waals surface area contributed by atoms with Crippen molar-refractivity contribution in [2.75, 3.05) is 18.4 Å². The molecule has 0 aliphatic carbocycles. The summed E-state index contributed by atoms with van der Waals surface area (Å²) in [5, 5.41) is 6.24. The van der Waals surface area contributed by atoms with Crippen LogP contribution in [0.2, 0.25) is 0 Å². The fourth-order valence-corrected chi connectivity index (χ4v) is 2.71. The van der Waals surface area contributed by atoms with Gasteiger partial charge in [0.05, 0.1) is 5.69 Å². The van der Waals surface area contributed by atoms with Gasteiger partial charge in [-0.25, -0.2) is 0 Å². The minimum Gasteiger partial charge on any atom is -0.487 e. The molecule has 2 aromatic rings. The Hall–Kier alpha value is -2.04. The van der Waals surface area contributed by atoms with Crippen LogP contribution in [0.5, 0.6) is 5.75 Å². The molecular weight excluding hydrogens is 336 g/mol. The summed E-state index contributed by atoms with van der Waals surface area (Å²) >= 11 is 0. The van der Waals surface area contributed by atoms with Crippen molar-refractivity contribution in [1.29, 1.82) is 0 Å². The topological polar surface area (TPSA) is 50.4 Å². The van der Waals surface area contributed by atoms with Gasteiger partial charge in [-0.2, -0.15) is 0 Å². The largest absolute Gasteiger partial charge is 0.487 e. The summed E-state index contributed by atoms with van der Waals surface area (Å²) in [7, 11) is 0. The summed E-state index contributed by atoms with van der Waals surface area (Å²) in [5.74, 6) is 1.18. The first kappa shape index (κ1) is 19.3. The first-order valence-corrected chi connectivity index (χ1v) is 8.42. The van der Waals surface area contributed by atoms with Crippen molar-refractivity contribution in [3.05, 3.63) is 59.7 Å². The zero-order valence-corrected chi connectivity index (χ0v) is 15.4. The van der Waals surface area contributed by atoms with Crippen LogP contribution in [-0.2, 0) is 11.4 Å². The highest BCUT2D eigenvalue weighted by Gasteiger charge is 2.29. The van der Waals surface area contributed by atoms with Crippen molar-refractivity contribution in [3.63, 3.8) is 0 Å². The molecule has 5 heteroatoms. The molecule has 1 atom stereocenters. The fourth-order valence-electron chi connectivity index (χ4n) is 2.71. The van der Waals surface area contributed by atoms with E-state index in [1.54, 1.807) is 0 Å². The van der Waals surface area contributed by atoms with Gasteiger partial charge in [0.2, 0.25) is 5.91 Å². The summed E-state index contributed by atoms with van der Waals surface area (Å²) in [6.45, 7) is 6.32. The van der Waals surface area contributed by atoms with Crippen LogP contribution in [0.4, 0.5) is 5.69 Å². The van der Waals surface area contributed by atoms with Crippen molar-refractivity contribution >= 4 is 24.0 Å². The standard InChI is InChI=1S/C20H24N2O2.ClH/c1-14-8-9-18(22-20(23)15(2)17-11-21-12-17)19(10-14)24-13-16-6-4-3-5-7-16;/h3-10,15,17,21H,11-13H2,1-2H3,(H,22,23);1H. The molecule has 1 amide bonds. The summed E-state index contributed by atoms with van der Waals surface area (Å²) in [6.07, 6.45) is 0. The third kappa shape index (κ3) is 4.97. The monoisotopic (exact) mass is 360 g/mol. The Balaban J connectivity index is 0.00000225. The average molecular weight is 361 g/mol. The van der Waals surface area contributed by atoms with E-state index >= 15 is 0 Å². The van der Waals surface area contributed by atoms with E-state index in [0.29, 0.717) is 18.3 Å². The van der Waals surface area contributed by atoms with Crippen molar-refractivity contribution in [1.82, 2.24) is 5.32 Å². The van der Waals surface area contributed by atoms with Gasteiger partial charge in [-0.3, -0.25) is 4.79 Å². The number of hydrogen-bond donors (Lipinski definition) is 2. The Bertz CT molecular complexity index is 702. The third-order valence-corrected chi connectivity index (χ3v) is 4.57. The van der Waals surface area contributed by atoms with Crippen LogP contribution in [0.3, 0.4) is 0 Å². The molecule has 0 aromatic heterocycles. The maximum atomic E-state index is 12.5. The number of nitrogens with one attached hydrogen (secondary N) is 2. The molecule has 0 spiro atoms. The van der Waals surface area contributed by atoms with Crippen molar-refractivity contribution < 1.29 is 9.53 Å². The molecule has 1 saturated heterocycles. The molecule has 134 valence electrons. The molecule has 25 heavy (non-hydrogen) atoms. The molecular formula is C20H25ClN2O2. The number of benzene rings is 2. The minimum atomic E-state index is -0.00507. The number of halogens is 1. The van der Waals surface area contributed by atoms with Gasteiger partial charge in [0, 0.05) is 5.92 Å². The van der Waals surface area contributed by atoms with Crippen LogP contribution in [0.25, 0.3) is 0 Å². The van der Waals surface area contributed by atoms with E-state index in [9.17, 15) is 4.79 Å². The Morgan fingerprint density at radius 1 is 1.24 bits per heavy atom. The predicted octanol–water partition coefficient (Wildman–Crippen LogP) is 3.79. The Morgan fingerprint density at radius 3 is 2.60 bits per heavy atom. The number of amides is 1. The molecule has 1 heterocycles. The van der Waals surface area contributed by atoms with Crippen molar-refractivity contribution in [2.24, 2.45) is 11.8 Å². The summed E-state index contributed by atoms with van der Waals surface area (Å²) in [6, 6.07) is 15.9. The average Bonchev–Trinajstić information content (AvgIpc) is 2.54. The molecule has 1 aliphatic rings. The zero-order chi connectivity index (χ0) is 16.9. The van der Waals surface area contributed by atoms with E-state index in [4.69, 9.17) is 4.74 Å². The lowest BCUT2D eigenvalue weighted by Crippen LogP contribution is -2.48. The smallest absolute Gasteiger partial charge is 0.227 e. The maximum Gasteiger partial charge on any atom is 0.227 e. The Labute approximate surface area is 155 Å². The molecule has 3 rings (SSSR count). The van der Waals surface area contributed by atoms with Crippen LogP contribution in [0.15, 0.2) is 48.5 Å². The number of hydrogen-bond acceptors (Lipinski definition) is 3. The SMILES string of the molecule is Cc1ccc(NC(=O)C(C)C2CNC2)c(OCc2ccccc2)c1.Cl. The highest BCUT2D eigenvalue weighted by molar-refractivity contribution is 5.94. The summed E-state index contributed by atoms with van der Waals surface area (Å²) < 4.78 is 5.96. The molecule has 1 fully saturated rings. The van der Waals surface area contributed by atoms with E-state index in [1.165, 1.54) is 0 Å². The normalized spacial score (nSPS) is 14.8. The Morgan fingerprint density at radius 2 is 1.96 bits per heavy atom. The number of carbonyl (C=O) groups excluding carboxylic acids is 1. The lowest BCUT2D eigenvalue weighted by atomic mass is 9.88. The molecule has 1 unspecified atom stereocenters. The molecule has 0 saturated carbocycles. The number of anilines is 1. The summed E-state index contributed by atoms with van der Waals surface area (Å²) in [4.78, 5) is 12.5. The first-order chi connectivity index (χ1) is 11.6. The van der Waals surface area contributed by atoms with Gasteiger partial charge in [-0.1, -0.05) is 43.3 Å². The van der Waals surface area contributed by atoms with Crippen molar-refractivity contribution in [3.8, 4) is 5.75 Å². The molecule has 2 N–H and O–H groups in total. The van der Waals surface area contributed by atoms with Crippen LogP contribution >= 0.6 is 12.4 Å². The molecule has 4 nitrogen and oxygen atoms in total. The molecule has 0 bridgehead atoms. The van der Waals surface area contributed by atoms with E-state index in [0.717, 1.165) is 29.9 Å². The second kappa shape index (κ2) is 8.88. The first-order valence-electron chi connectivity index (χ1n) is 8.42. The van der Waals surface area contributed by atoms with Crippen LogP contribution in [-0.4, -0.2) is 19.0 Å². The number of ether oxygens (including phenoxy) is 1. The quantitative estimate of drug-likeness (QED) is 0.824. The number of carbonyl (C=O) groups is 1. The van der Waals surface area contributed by atoms with E-state index in [-0.39, 0.29) is 24.2 Å².